The summed E-state index contributed by atoms with van der Waals surface area (Å²) in [6.07, 6.45) is -0.161. The molecule has 1 spiro atoms. The molecule has 0 aromatic heterocycles. The largest absolute Gasteiger partial charge is 0.497 e. The van der Waals surface area contributed by atoms with Crippen molar-refractivity contribution in [3.05, 3.63) is 58.7 Å². The summed E-state index contributed by atoms with van der Waals surface area (Å²) < 4.78 is 5.18. The van der Waals surface area contributed by atoms with Crippen molar-refractivity contribution in [3.8, 4) is 5.75 Å². The van der Waals surface area contributed by atoms with Crippen molar-refractivity contribution in [2.24, 2.45) is 17.6 Å². The minimum atomic E-state index is -1.44. The number of hydrogen-bond acceptors (Lipinski definition) is 6. The number of nitrogens with zero attached hydrogens (tertiary/aromatic N) is 1. The summed E-state index contributed by atoms with van der Waals surface area (Å²) in [5.74, 6) is -3.05. The number of hydrogen-bond donors (Lipinski definition) is 3. The summed E-state index contributed by atoms with van der Waals surface area (Å²) in [5, 5.41) is 6.14. The van der Waals surface area contributed by atoms with Crippen molar-refractivity contribution in [3.63, 3.8) is 0 Å². The fraction of sp³-hybridized carbons (Fsp3) is 0.360. The number of primary amides is 1. The Hall–Kier alpha value is -3.72. The lowest BCUT2D eigenvalue weighted by molar-refractivity contribution is -0.143. The molecule has 0 bridgehead atoms. The van der Waals surface area contributed by atoms with E-state index >= 15 is 0 Å². The molecule has 2 aromatic carbocycles. The maximum Gasteiger partial charge on any atom is 0.250 e. The first kappa shape index (κ1) is 22.1. The van der Waals surface area contributed by atoms with Gasteiger partial charge in [0.1, 0.15) is 11.3 Å². The van der Waals surface area contributed by atoms with Gasteiger partial charge in [0.15, 0.2) is 0 Å². The number of imide groups is 1. The number of likely N-dealkylation sites (tertiary alicyclic amines) is 1. The number of carbonyl (C=O) groups is 4. The van der Waals surface area contributed by atoms with E-state index in [0.717, 1.165) is 16.7 Å². The number of rotatable bonds is 5. The van der Waals surface area contributed by atoms with Crippen LogP contribution in [0.1, 0.15) is 28.7 Å². The van der Waals surface area contributed by atoms with Gasteiger partial charge in [0, 0.05) is 23.7 Å². The van der Waals surface area contributed by atoms with Gasteiger partial charge >= 0.3 is 0 Å². The zero-order valence-corrected chi connectivity index (χ0v) is 19.2. The number of nitrogens with one attached hydrogen (secondary N) is 2. The summed E-state index contributed by atoms with van der Waals surface area (Å²) in [6.45, 7) is 3.90. The third kappa shape index (κ3) is 2.96. The smallest absolute Gasteiger partial charge is 0.250 e. The molecule has 3 heterocycles. The molecule has 4 atom stereocenters. The van der Waals surface area contributed by atoms with E-state index in [1.807, 2.05) is 26.0 Å². The van der Waals surface area contributed by atoms with E-state index in [0.29, 0.717) is 17.0 Å². The van der Waals surface area contributed by atoms with Gasteiger partial charge in [-0.25, -0.2) is 0 Å². The van der Waals surface area contributed by atoms with Crippen LogP contribution in [-0.2, 0) is 31.3 Å². The van der Waals surface area contributed by atoms with Crippen LogP contribution in [0.15, 0.2) is 36.4 Å². The SMILES string of the molecule is COc1ccc(CN2C(=O)[C@@H]3C(CC(N)=O)NC4(C(=O)Nc5c4ccc(C)c5C)[C@@H]3C2=O)cc1. The standard InChI is InChI=1S/C25H26N4O5/c1-12-4-9-16-21(13(12)2)27-24(33)25(16)20-19(17(28-25)10-18(26)30)22(31)29(23(20)32)11-14-5-7-15(34-3)8-6-14/h4-9,17,19-20,28H,10-11H2,1-3H3,(H2,26,30)(H,27,33)/t17?,19-,20+,25?/m1/s1. The molecular weight excluding hydrogens is 436 g/mol. The van der Waals surface area contributed by atoms with Crippen LogP contribution >= 0.6 is 0 Å². The summed E-state index contributed by atoms with van der Waals surface area (Å²) in [4.78, 5) is 53.9. The molecule has 2 saturated heterocycles. The molecule has 3 aliphatic heterocycles. The summed E-state index contributed by atoms with van der Waals surface area (Å²) >= 11 is 0. The topological polar surface area (TPSA) is 131 Å². The number of carbonyl (C=O) groups excluding carboxylic acids is 4. The molecule has 176 valence electrons. The van der Waals surface area contributed by atoms with E-state index in [1.54, 1.807) is 31.4 Å². The Morgan fingerprint density at radius 3 is 2.44 bits per heavy atom. The maximum absolute atomic E-state index is 13.8. The van der Waals surface area contributed by atoms with Crippen LogP contribution in [0.2, 0.25) is 0 Å². The van der Waals surface area contributed by atoms with Gasteiger partial charge in [-0.3, -0.25) is 29.4 Å². The Morgan fingerprint density at radius 2 is 1.79 bits per heavy atom. The van der Waals surface area contributed by atoms with Crippen molar-refractivity contribution >= 4 is 29.3 Å². The highest BCUT2D eigenvalue weighted by atomic mass is 16.5. The number of benzene rings is 2. The molecule has 5 rings (SSSR count). The number of nitrogens with two attached hydrogens (primary N) is 1. The number of fused-ring (bicyclic) bond motifs is 4. The molecule has 4 N–H and O–H groups in total. The number of ether oxygens (including phenoxy) is 1. The zero-order valence-electron chi connectivity index (χ0n) is 19.2. The summed E-state index contributed by atoms with van der Waals surface area (Å²) in [6, 6.07) is 10.1. The first-order valence-corrected chi connectivity index (χ1v) is 11.1. The highest BCUT2D eigenvalue weighted by molar-refractivity contribution is 6.15. The van der Waals surface area contributed by atoms with E-state index in [9.17, 15) is 19.2 Å². The van der Waals surface area contributed by atoms with Crippen molar-refractivity contribution in [2.75, 3.05) is 12.4 Å². The van der Waals surface area contributed by atoms with Crippen LogP contribution in [0.3, 0.4) is 0 Å². The Labute approximate surface area is 196 Å². The fourth-order valence-electron chi connectivity index (χ4n) is 5.64. The lowest BCUT2D eigenvalue weighted by Crippen LogP contribution is -2.53. The monoisotopic (exact) mass is 462 g/mol. The average Bonchev–Trinajstić information content (AvgIpc) is 3.37. The highest BCUT2D eigenvalue weighted by Gasteiger charge is 2.70. The molecule has 9 nitrogen and oxygen atoms in total. The van der Waals surface area contributed by atoms with E-state index < -0.39 is 47.0 Å². The summed E-state index contributed by atoms with van der Waals surface area (Å²) in [5.41, 5.74) is 7.94. The first-order chi connectivity index (χ1) is 16.2. The third-order valence-electron chi connectivity index (χ3n) is 7.43. The van der Waals surface area contributed by atoms with Gasteiger partial charge in [-0.05, 0) is 42.7 Å². The highest BCUT2D eigenvalue weighted by Crippen LogP contribution is 2.54. The molecule has 2 unspecified atom stereocenters. The molecule has 2 fully saturated rings. The van der Waals surface area contributed by atoms with Gasteiger partial charge in [0.25, 0.3) is 0 Å². The van der Waals surface area contributed by atoms with Gasteiger partial charge in [-0.15, -0.1) is 0 Å². The second kappa shape index (κ2) is 7.66. The minimum Gasteiger partial charge on any atom is -0.497 e. The predicted molar refractivity (Wildman–Crippen MR) is 122 cm³/mol. The Morgan fingerprint density at radius 1 is 1.09 bits per heavy atom. The second-order valence-corrected chi connectivity index (χ2v) is 9.23. The second-order valence-electron chi connectivity index (χ2n) is 9.23. The van der Waals surface area contributed by atoms with Crippen molar-refractivity contribution in [1.29, 1.82) is 0 Å². The molecule has 34 heavy (non-hydrogen) atoms. The van der Waals surface area contributed by atoms with E-state index in [4.69, 9.17) is 10.5 Å². The van der Waals surface area contributed by atoms with Crippen LogP contribution in [0.25, 0.3) is 0 Å². The van der Waals surface area contributed by atoms with E-state index in [1.165, 1.54) is 4.90 Å². The van der Waals surface area contributed by atoms with Gasteiger partial charge in [-0.1, -0.05) is 24.3 Å². The van der Waals surface area contributed by atoms with Crippen molar-refractivity contribution in [1.82, 2.24) is 10.2 Å². The molecule has 2 aromatic rings. The number of amides is 4. The van der Waals surface area contributed by atoms with Crippen molar-refractivity contribution < 1.29 is 23.9 Å². The Kier molecular flexibility index (Phi) is 4.98. The molecule has 0 radical (unpaired) electrons. The van der Waals surface area contributed by atoms with Gasteiger partial charge in [-0.2, -0.15) is 0 Å². The Bertz CT molecular complexity index is 1240. The lowest BCUT2D eigenvalue weighted by Gasteiger charge is -2.29. The molecule has 0 aliphatic carbocycles. The van der Waals surface area contributed by atoms with Crippen LogP contribution in [0.5, 0.6) is 5.75 Å². The normalized spacial score (nSPS) is 27.2. The fourth-order valence-corrected chi connectivity index (χ4v) is 5.64. The number of aryl methyl sites for hydroxylation is 1. The van der Waals surface area contributed by atoms with Gasteiger partial charge in [0.2, 0.25) is 23.6 Å². The van der Waals surface area contributed by atoms with Gasteiger partial charge in [0.05, 0.1) is 25.5 Å². The zero-order chi connectivity index (χ0) is 24.4. The van der Waals surface area contributed by atoms with Gasteiger partial charge < -0.3 is 15.8 Å². The van der Waals surface area contributed by atoms with Crippen LogP contribution in [0, 0.1) is 25.7 Å². The average molecular weight is 463 g/mol. The molecule has 3 aliphatic rings. The minimum absolute atomic E-state index is 0.0649. The third-order valence-corrected chi connectivity index (χ3v) is 7.43. The van der Waals surface area contributed by atoms with Crippen LogP contribution < -0.4 is 21.1 Å². The molecular formula is C25H26N4O5. The molecule has 0 saturated carbocycles. The van der Waals surface area contributed by atoms with E-state index in [2.05, 4.69) is 10.6 Å². The quantitative estimate of drug-likeness (QED) is 0.571. The number of anilines is 1. The Balaban J connectivity index is 1.59. The van der Waals surface area contributed by atoms with Crippen LogP contribution in [0.4, 0.5) is 5.69 Å². The molecule has 4 amide bonds. The van der Waals surface area contributed by atoms with Crippen molar-refractivity contribution in [2.45, 2.75) is 38.4 Å². The molecule has 9 heteroatoms. The number of methoxy groups -OCH3 is 1. The summed E-state index contributed by atoms with van der Waals surface area (Å²) in [7, 11) is 1.56. The predicted octanol–water partition coefficient (Wildman–Crippen LogP) is 1.11. The van der Waals surface area contributed by atoms with Crippen LogP contribution in [-0.4, -0.2) is 41.7 Å². The first-order valence-electron chi connectivity index (χ1n) is 11.1. The van der Waals surface area contributed by atoms with E-state index in [-0.39, 0.29) is 13.0 Å². The maximum atomic E-state index is 13.8. The lowest BCUT2D eigenvalue weighted by atomic mass is 9.76.